The van der Waals surface area contributed by atoms with Gasteiger partial charge in [0.1, 0.15) is 0 Å². The SMILES string of the molecule is COc1c[c-]c(C(C)=Nc2cc(C)c(CO)c(C)c2)cc1.CS(=O)(=O)O.[CH3-].[Ir]. The largest absolute Gasteiger partial charge is 0.540 e. The molecule has 0 aliphatic heterocycles. The molecule has 0 spiro atoms. The molecule has 0 saturated carbocycles. The van der Waals surface area contributed by atoms with Crippen molar-refractivity contribution in [3.8, 4) is 5.75 Å². The molecule has 2 aromatic rings. The number of aliphatic imine (C=N–C) groups is 1. The van der Waals surface area contributed by atoms with E-state index in [2.05, 4.69) is 11.1 Å². The molecule has 1 radical (unpaired) electrons. The van der Waals surface area contributed by atoms with Crippen LogP contribution in [0.15, 0.2) is 35.3 Å². The molecule has 2 aromatic carbocycles. The van der Waals surface area contributed by atoms with Gasteiger partial charge >= 0.3 is 0 Å². The van der Waals surface area contributed by atoms with Gasteiger partial charge in [-0.05, 0) is 48.4 Å². The summed E-state index contributed by atoms with van der Waals surface area (Å²) in [5, 5.41) is 9.35. The van der Waals surface area contributed by atoms with Crippen LogP contribution < -0.4 is 4.74 Å². The maximum atomic E-state index is 9.35. The van der Waals surface area contributed by atoms with Crippen molar-refractivity contribution in [2.75, 3.05) is 13.4 Å². The van der Waals surface area contributed by atoms with Gasteiger partial charge in [-0.3, -0.25) is 4.55 Å². The number of aliphatic hydroxyl groups is 1. The maximum Gasteiger partial charge on any atom is 0.261 e. The van der Waals surface area contributed by atoms with E-state index >= 15 is 0 Å². The molecule has 0 heterocycles. The summed E-state index contributed by atoms with van der Waals surface area (Å²) in [6.45, 7) is 6.01. The van der Waals surface area contributed by atoms with Gasteiger partial charge in [-0.2, -0.15) is 8.42 Å². The number of rotatable bonds is 4. The van der Waals surface area contributed by atoms with E-state index in [-0.39, 0.29) is 34.1 Å². The van der Waals surface area contributed by atoms with Gasteiger partial charge in [-0.15, -0.1) is 29.8 Å². The number of nitrogens with zero attached hydrogens (tertiary/aromatic N) is 1. The van der Waals surface area contributed by atoms with Crippen LogP contribution in [0, 0.1) is 27.3 Å². The molecule has 8 heteroatoms. The van der Waals surface area contributed by atoms with Crippen LogP contribution in [0.2, 0.25) is 0 Å². The molecule has 2 N–H and O–H groups in total. The molecular formula is C20H27IrNO5S-2. The minimum absolute atomic E-state index is 0. The van der Waals surface area contributed by atoms with E-state index in [1.807, 2.05) is 45.0 Å². The summed E-state index contributed by atoms with van der Waals surface area (Å²) in [7, 11) is -2.03. The number of benzene rings is 2. The fourth-order valence-corrected chi connectivity index (χ4v) is 2.30. The van der Waals surface area contributed by atoms with Gasteiger partial charge in [-0.1, -0.05) is 6.92 Å². The van der Waals surface area contributed by atoms with E-state index in [1.54, 1.807) is 13.2 Å². The number of aliphatic hydroxyl groups excluding tert-OH is 1. The fourth-order valence-electron chi connectivity index (χ4n) is 2.30. The Labute approximate surface area is 181 Å². The molecule has 0 amide bonds. The van der Waals surface area contributed by atoms with Crippen LogP contribution in [0.3, 0.4) is 0 Å². The number of hydrogen-bond acceptors (Lipinski definition) is 5. The summed E-state index contributed by atoms with van der Waals surface area (Å²) in [6, 6.07) is 12.8. The van der Waals surface area contributed by atoms with E-state index in [0.717, 1.165) is 39.4 Å². The van der Waals surface area contributed by atoms with Crippen molar-refractivity contribution in [1.29, 1.82) is 0 Å². The minimum atomic E-state index is -3.67. The summed E-state index contributed by atoms with van der Waals surface area (Å²) in [5.41, 5.74) is 5.82. The van der Waals surface area contributed by atoms with E-state index in [9.17, 15) is 13.5 Å². The van der Waals surface area contributed by atoms with Crippen LogP contribution in [-0.2, 0) is 36.8 Å². The molecule has 0 fully saturated rings. The third kappa shape index (κ3) is 10.1. The minimum Gasteiger partial charge on any atom is -0.540 e. The summed E-state index contributed by atoms with van der Waals surface area (Å²) < 4.78 is 31.0. The van der Waals surface area contributed by atoms with Crippen LogP contribution in [0.5, 0.6) is 5.75 Å². The van der Waals surface area contributed by atoms with Crippen LogP contribution in [0.25, 0.3) is 0 Å². The molecule has 0 atom stereocenters. The van der Waals surface area contributed by atoms with Gasteiger partial charge in [0.05, 0.1) is 25.7 Å². The molecule has 0 saturated heterocycles. The standard InChI is InChI=1S/C18H20NO2.CH4O3S.CH3.Ir/c1-12-9-16(10-13(2)18(12)11-20)19-14(3)15-5-7-17(21-4)8-6-15;1-5(2,3)4;;/h5,7-10,20H,11H2,1-4H3;1H3,(H,2,3,4);1H3;/q-1;;-1;. The second-order valence-corrected chi connectivity index (χ2v) is 7.25. The van der Waals surface area contributed by atoms with Gasteiger partial charge in [0.15, 0.2) is 0 Å². The van der Waals surface area contributed by atoms with E-state index in [4.69, 9.17) is 9.29 Å². The summed E-state index contributed by atoms with van der Waals surface area (Å²) in [5.74, 6) is 0.783. The van der Waals surface area contributed by atoms with Crippen molar-refractivity contribution >= 4 is 21.5 Å². The Bertz CT molecular complexity index is 847. The smallest absolute Gasteiger partial charge is 0.261 e. The molecule has 0 aromatic heterocycles. The van der Waals surface area contributed by atoms with Gasteiger partial charge in [0.2, 0.25) is 0 Å². The predicted octanol–water partition coefficient (Wildman–Crippen LogP) is 3.70. The topological polar surface area (TPSA) is 96.2 Å². The van der Waals surface area contributed by atoms with Crippen molar-refractivity contribution < 1.29 is 42.9 Å². The van der Waals surface area contributed by atoms with Crippen LogP contribution in [0.1, 0.15) is 29.2 Å². The summed E-state index contributed by atoms with van der Waals surface area (Å²) >= 11 is 0. The van der Waals surface area contributed by atoms with E-state index < -0.39 is 10.1 Å². The molecule has 0 unspecified atom stereocenters. The second-order valence-electron chi connectivity index (χ2n) is 5.79. The Hall–Kier alpha value is -1.57. The quantitative estimate of drug-likeness (QED) is 0.324. The molecule has 0 bridgehead atoms. The van der Waals surface area contributed by atoms with Crippen LogP contribution >= 0.6 is 0 Å². The van der Waals surface area contributed by atoms with Gasteiger partial charge in [-0.25, -0.2) is 0 Å². The van der Waals surface area contributed by atoms with Crippen LogP contribution in [0.4, 0.5) is 5.69 Å². The summed E-state index contributed by atoms with van der Waals surface area (Å²) in [4.78, 5) is 4.64. The van der Waals surface area contributed by atoms with Gasteiger partial charge < -0.3 is 22.3 Å². The number of ether oxygens (including phenoxy) is 1. The van der Waals surface area contributed by atoms with Crippen molar-refractivity contribution in [3.63, 3.8) is 0 Å². The average Bonchev–Trinajstić information content (AvgIpc) is 2.53. The second kappa shape index (κ2) is 12.8. The Balaban J connectivity index is 0. The molecular weight excluding hydrogens is 559 g/mol. The molecule has 159 valence electrons. The van der Waals surface area contributed by atoms with Crippen molar-refractivity contribution in [2.24, 2.45) is 4.99 Å². The Morgan fingerprint density at radius 3 is 2.07 bits per heavy atom. The van der Waals surface area contributed by atoms with Gasteiger partial charge in [0.25, 0.3) is 10.1 Å². The molecule has 0 aliphatic rings. The zero-order valence-electron chi connectivity index (χ0n) is 16.9. The Morgan fingerprint density at radius 1 is 1.21 bits per heavy atom. The first-order valence-corrected chi connectivity index (χ1v) is 9.64. The first-order valence-electron chi connectivity index (χ1n) is 7.80. The first kappa shape index (κ1) is 28.6. The summed E-state index contributed by atoms with van der Waals surface area (Å²) in [6.07, 6.45) is 0.715. The van der Waals surface area contributed by atoms with Crippen LogP contribution in [-0.4, -0.2) is 37.2 Å². The zero-order valence-corrected chi connectivity index (χ0v) is 20.1. The molecule has 6 nitrogen and oxygen atoms in total. The Morgan fingerprint density at radius 2 is 1.71 bits per heavy atom. The van der Waals surface area contributed by atoms with Crippen molar-refractivity contribution in [3.05, 3.63) is 66.1 Å². The number of methoxy groups -OCH3 is 1. The van der Waals surface area contributed by atoms with Crippen molar-refractivity contribution in [1.82, 2.24) is 0 Å². The normalized spacial score (nSPS) is 10.8. The Kier molecular flexibility index (Phi) is 13.1. The van der Waals surface area contributed by atoms with Crippen molar-refractivity contribution in [2.45, 2.75) is 27.4 Å². The third-order valence-corrected chi connectivity index (χ3v) is 3.55. The first-order chi connectivity index (χ1) is 12.0. The zero-order chi connectivity index (χ0) is 19.9. The molecule has 0 aliphatic carbocycles. The van der Waals surface area contributed by atoms with Gasteiger partial charge in [0, 0.05) is 25.9 Å². The monoisotopic (exact) mass is 586 g/mol. The molecule has 28 heavy (non-hydrogen) atoms. The maximum absolute atomic E-state index is 9.35. The fraction of sp³-hybridized carbons (Fsp3) is 0.300. The third-order valence-electron chi connectivity index (χ3n) is 3.55. The number of aryl methyl sites for hydroxylation is 2. The predicted molar refractivity (Wildman–Crippen MR) is 109 cm³/mol. The molecule has 2 rings (SSSR count). The number of hydrogen-bond donors (Lipinski definition) is 2. The van der Waals surface area contributed by atoms with E-state index in [0.29, 0.717) is 6.26 Å². The van der Waals surface area contributed by atoms with E-state index in [1.165, 1.54) is 0 Å². The average molecular weight is 586 g/mol.